The Kier molecular flexibility index (Phi) is 2.76. The number of sulfonamides is 1. The molecular formula is C8H13N3O3S. The number of H-pyrrole nitrogens is 1. The molecule has 1 aliphatic heterocycles. The number of hydrogen-bond donors (Lipinski definition) is 1. The summed E-state index contributed by atoms with van der Waals surface area (Å²) in [6, 6.07) is 1.38. The lowest BCUT2D eigenvalue weighted by molar-refractivity contribution is 0.180. The fourth-order valence-corrected chi connectivity index (χ4v) is 2.82. The molecule has 0 radical (unpaired) electrons. The van der Waals surface area contributed by atoms with Crippen molar-refractivity contribution in [3.05, 3.63) is 12.3 Å². The zero-order valence-corrected chi connectivity index (χ0v) is 9.20. The van der Waals surface area contributed by atoms with Crippen molar-refractivity contribution in [1.82, 2.24) is 14.5 Å². The summed E-state index contributed by atoms with van der Waals surface area (Å²) in [5, 5.41) is 6.22. The number of aromatic amines is 1. The lowest BCUT2D eigenvalue weighted by Gasteiger charge is -2.21. The van der Waals surface area contributed by atoms with Gasteiger partial charge in [0.1, 0.15) is 0 Å². The van der Waals surface area contributed by atoms with E-state index >= 15 is 0 Å². The predicted octanol–water partition coefficient (Wildman–Crippen LogP) is -0.181. The van der Waals surface area contributed by atoms with Gasteiger partial charge in [-0.2, -0.15) is 9.40 Å². The summed E-state index contributed by atoms with van der Waals surface area (Å²) in [7, 11) is -1.88. The Balaban J connectivity index is 2.22. The average molecular weight is 231 g/mol. The van der Waals surface area contributed by atoms with Crippen LogP contribution in [0.3, 0.4) is 0 Å². The number of aromatic nitrogens is 2. The minimum atomic E-state index is -3.44. The Bertz CT molecular complexity index is 408. The van der Waals surface area contributed by atoms with Crippen LogP contribution in [-0.2, 0) is 14.8 Å². The first-order valence-corrected chi connectivity index (χ1v) is 6.11. The number of ether oxygens (including phenoxy) is 1. The Morgan fingerprint density at radius 2 is 2.47 bits per heavy atom. The number of likely N-dealkylation sites (N-methyl/N-ethyl adjacent to an activating group) is 1. The molecule has 0 spiro atoms. The van der Waals surface area contributed by atoms with E-state index in [-0.39, 0.29) is 11.1 Å². The smallest absolute Gasteiger partial charge is 0.260 e. The fraction of sp³-hybridized carbons (Fsp3) is 0.625. The van der Waals surface area contributed by atoms with E-state index in [0.29, 0.717) is 13.2 Å². The Morgan fingerprint density at radius 1 is 1.67 bits per heavy atom. The topological polar surface area (TPSA) is 75.3 Å². The van der Waals surface area contributed by atoms with Gasteiger partial charge < -0.3 is 4.74 Å². The van der Waals surface area contributed by atoms with Crippen molar-refractivity contribution in [3.63, 3.8) is 0 Å². The molecule has 7 heteroatoms. The van der Waals surface area contributed by atoms with Crippen molar-refractivity contribution < 1.29 is 13.2 Å². The van der Waals surface area contributed by atoms with Gasteiger partial charge in [0.25, 0.3) is 10.0 Å². The van der Waals surface area contributed by atoms with E-state index in [4.69, 9.17) is 4.74 Å². The van der Waals surface area contributed by atoms with Crippen molar-refractivity contribution in [1.29, 1.82) is 0 Å². The van der Waals surface area contributed by atoms with Gasteiger partial charge in [-0.25, -0.2) is 8.42 Å². The first-order valence-electron chi connectivity index (χ1n) is 4.67. The first-order chi connectivity index (χ1) is 7.12. The highest BCUT2D eigenvalue weighted by molar-refractivity contribution is 7.89. The number of nitrogens with one attached hydrogen (secondary N) is 1. The van der Waals surface area contributed by atoms with Gasteiger partial charge in [-0.15, -0.1) is 0 Å². The molecule has 1 unspecified atom stereocenters. The Morgan fingerprint density at radius 3 is 3.00 bits per heavy atom. The van der Waals surface area contributed by atoms with E-state index in [2.05, 4.69) is 10.2 Å². The number of hydrogen-bond acceptors (Lipinski definition) is 4. The summed E-state index contributed by atoms with van der Waals surface area (Å²) in [4.78, 5) is 0. The maximum Gasteiger partial charge on any atom is 0.260 e. The van der Waals surface area contributed by atoms with E-state index in [1.165, 1.54) is 16.6 Å². The van der Waals surface area contributed by atoms with Gasteiger partial charge in [0.05, 0.1) is 18.8 Å². The van der Waals surface area contributed by atoms with E-state index in [9.17, 15) is 8.42 Å². The van der Waals surface area contributed by atoms with Gasteiger partial charge in [-0.3, -0.25) is 5.10 Å². The second-order valence-electron chi connectivity index (χ2n) is 3.46. The standard InChI is InChI=1S/C8H13N3O3S/c1-11(7-3-5-14-6-7)15(12,13)8-2-4-9-10-8/h2,4,7H,3,5-6H2,1H3,(H,9,10). The number of nitrogens with zero attached hydrogens (tertiary/aromatic N) is 2. The molecule has 0 saturated carbocycles. The Labute approximate surface area is 88.3 Å². The zero-order valence-electron chi connectivity index (χ0n) is 8.38. The molecule has 1 N–H and O–H groups in total. The molecule has 1 aromatic heterocycles. The summed E-state index contributed by atoms with van der Waals surface area (Å²) >= 11 is 0. The second-order valence-corrected chi connectivity index (χ2v) is 5.43. The summed E-state index contributed by atoms with van der Waals surface area (Å²) in [6.07, 6.45) is 2.16. The number of rotatable bonds is 3. The molecule has 1 atom stereocenters. The molecule has 1 saturated heterocycles. The first kappa shape index (κ1) is 10.6. The van der Waals surface area contributed by atoms with Crippen LogP contribution in [0.5, 0.6) is 0 Å². The maximum atomic E-state index is 12.0. The highest BCUT2D eigenvalue weighted by Crippen LogP contribution is 2.18. The van der Waals surface area contributed by atoms with Crippen LogP contribution in [0.25, 0.3) is 0 Å². The van der Waals surface area contributed by atoms with Crippen molar-refractivity contribution >= 4 is 10.0 Å². The Hall–Kier alpha value is -0.920. The van der Waals surface area contributed by atoms with E-state index in [0.717, 1.165) is 6.42 Å². The van der Waals surface area contributed by atoms with Gasteiger partial charge in [0, 0.05) is 13.7 Å². The third-order valence-corrected chi connectivity index (χ3v) is 4.39. The second kappa shape index (κ2) is 3.92. The predicted molar refractivity (Wildman–Crippen MR) is 52.8 cm³/mol. The van der Waals surface area contributed by atoms with Crippen LogP contribution in [0.4, 0.5) is 0 Å². The monoisotopic (exact) mass is 231 g/mol. The molecule has 2 rings (SSSR count). The molecule has 15 heavy (non-hydrogen) atoms. The highest BCUT2D eigenvalue weighted by atomic mass is 32.2. The van der Waals surface area contributed by atoms with Crippen LogP contribution in [0, 0.1) is 0 Å². The van der Waals surface area contributed by atoms with Gasteiger partial charge in [0.15, 0.2) is 5.03 Å². The average Bonchev–Trinajstić information content (AvgIpc) is 2.89. The SMILES string of the molecule is CN(C1CCOC1)S(=O)(=O)c1ccn[nH]1. The van der Waals surface area contributed by atoms with Crippen LogP contribution in [0.15, 0.2) is 17.3 Å². The lowest BCUT2D eigenvalue weighted by Crippen LogP contribution is -2.37. The molecule has 6 nitrogen and oxygen atoms in total. The van der Waals surface area contributed by atoms with Gasteiger partial charge in [-0.1, -0.05) is 0 Å². The van der Waals surface area contributed by atoms with Crippen LogP contribution in [-0.4, -0.2) is 49.2 Å². The quantitative estimate of drug-likeness (QED) is 0.783. The summed E-state index contributed by atoms with van der Waals surface area (Å²) in [6.45, 7) is 1.08. The van der Waals surface area contributed by atoms with E-state index in [1.54, 1.807) is 7.05 Å². The minimum absolute atomic E-state index is 0.0710. The summed E-state index contributed by atoms with van der Waals surface area (Å²) in [5.74, 6) is 0. The zero-order chi connectivity index (χ0) is 10.9. The lowest BCUT2D eigenvalue weighted by atomic mass is 10.3. The third kappa shape index (κ3) is 1.90. The molecular weight excluding hydrogens is 218 g/mol. The molecule has 1 aliphatic rings. The minimum Gasteiger partial charge on any atom is -0.380 e. The van der Waals surface area contributed by atoms with Crippen molar-refractivity contribution in [2.45, 2.75) is 17.5 Å². The normalized spacial score (nSPS) is 22.4. The van der Waals surface area contributed by atoms with Crippen LogP contribution < -0.4 is 0 Å². The molecule has 0 amide bonds. The van der Waals surface area contributed by atoms with Gasteiger partial charge in [0.2, 0.25) is 0 Å². The van der Waals surface area contributed by atoms with Crippen molar-refractivity contribution in [2.75, 3.05) is 20.3 Å². The molecule has 0 aliphatic carbocycles. The maximum absolute atomic E-state index is 12.0. The molecule has 2 heterocycles. The van der Waals surface area contributed by atoms with Crippen molar-refractivity contribution in [3.8, 4) is 0 Å². The molecule has 1 fully saturated rings. The van der Waals surface area contributed by atoms with E-state index < -0.39 is 10.0 Å². The van der Waals surface area contributed by atoms with Crippen molar-refractivity contribution in [2.24, 2.45) is 0 Å². The summed E-state index contributed by atoms with van der Waals surface area (Å²) in [5.41, 5.74) is 0. The fourth-order valence-electron chi connectivity index (χ4n) is 1.55. The third-order valence-electron chi connectivity index (χ3n) is 2.55. The van der Waals surface area contributed by atoms with Crippen LogP contribution in [0.2, 0.25) is 0 Å². The highest BCUT2D eigenvalue weighted by Gasteiger charge is 2.31. The molecule has 1 aromatic rings. The van der Waals surface area contributed by atoms with Crippen LogP contribution >= 0.6 is 0 Å². The van der Waals surface area contributed by atoms with Gasteiger partial charge in [-0.05, 0) is 12.5 Å². The summed E-state index contributed by atoms with van der Waals surface area (Å²) < 4.78 is 30.5. The largest absolute Gasteiger partial charge is 0.380 e. The van der Waals surface area contributed by atoms with Gasteiger partial charge >= 0.3 is 0 Å². The molecule has 0 bridgehead atoms. The van der Waals surface area contributed by atoms with E-state index in [1.807, 2.05) is 0 Å². The molecule has 0 aromatic carbocycles. The van der Waals surface area contributed by atoms with Crippen LogP contribution in [0.1, 0.15) is 6.42 Å². The molecule has 84 valence electrons.